The van der Waals surface area contributed by atoms with Gasteiger partial charge < -0.3 is 15.2 Å². The number of benzene rings is 1. The van der Waals surface area contributed by atoms with Gasteiger partial charge in [0.1, 0.15) is 12.7 Å². The van der Waals surface area contributed by atoms with E-state index in [4.69, 9.17) is 15.2 Å². The van der Waals surface area contributed by atoms with Crippen LogP contribution in [0.2, 0.25) is 0 Å². The summed E-state index contributed by atoms with van der Waals surface area (Å²) in [7, 11) is 0. The fourth-order valence-electron chi connectivity index (χ4n) is 2.13. The number of nitrogens with two attached hydrogens (primary N) is 1. The van der Waals surface area contributed by atoms with Gasteiger partial charge in [0.05, 0.1) is 6.61 Å². The first kappa shape index (κ1) is 14.1. The number of nitrogens with zero attached hydrogens (tertiary/aromatic N) is 1. The van der Waals surface area contributed by atoms with Gasteiger partial charge in [0, 0.05) is 24.8 Å². The Hall–Kier alpha value is -1.33. The van der Waals surface area contributed by atoms with Crippen LogP contribution in [0.25, 0.3) is 0 Å². The SMILES string of the molecule is CCN1CCOC(COc2cc(C)c(N)cc2F)C1. The maximum atomic E-state index is 13.7. The van der Waals surface area contributed by atoms with E-state index in [2.05, 4.69) is 11.8 Å². The quantitative estimate of drug-likeness (QED) is 0.846. The van der Waals surface area contributed by atoms with Crippen molar-refractivity contribution in [3.05, 3.63) is 23.5 Å². The second kappa shape index (κ2) is 6.21. The number of anilines is 1. The maximum absolute atomic E-state index is 13.7. The molecule has 5 heteroatoms. The Kier molecular flexibility index (Phi) is 4.61. The van der Waals surface area contributed by atoms with Gasteiger partial charge in [-0.1, -0.05) is 6.92 Å². The zero-order valence-corrected chi connectivity index (χ0v) is 11.5. The summed E-state index contributed by atoms with van der Waals surface area (Å²) < 4.78 is 24.8. The van der Waals surface area contributed by atoms with Crippen LogP contribution in [0.3, 0.4) is 0 Å². The Balaban J connectivity index is 1.93. The molecule has 1 aromatic rings. The highest BCUT2D eigenvalue weighted by Crippen LogP contribution is 2.23. The molecule has 1 unspecified atom stereocenters. The molecule has 0 spiro atoms. The number of aryl methyl sites for hydroxylation is 1. The Morgan fingerprint density at radius 3 is 3.05 bits per heavy atom. The van der Waals surface area contributed by atoms with Crippen LogP contribution >= 0.6 is 0 Å². The molecule has 19 heavy (non-hydrogen) atoms. The highest BCUT2D eigenvalue weighted by molar-refractivity contribution is 5.50. The topological polar surface area (TPSA) is 47.7 Å². The molecule has 0 amide bonds. The monoisotopic (exact) mass is 268 g/mol. The van der Waals surface area contributed by atoms with Crippen molar-refractivity contribution in [3.63, 3.8) is 0 Å². The summed E-state index contributed by atoms with van der Waals surface area (Å²) in [6.07, 6.45) is -0.00837. The molecule has 0 aliphatic carbocycles. The van der Waals surface area contributed by atoms with Crippen molar-refractivity contribution >= 4 is 5.69 Å². The molecule has 1 aliphatic rings. The molecule has 0 radical (unpaired) electrons. The molecule has 106 valence electrons. The van der Waals surface area contributed by atoms with Crippen molar-refractivity contribution in [1.29, 1.82) is 0 Å². The summed E-state index contributed by atoms with van der Waals surface area (Å²) in [5.74, 6) is -0.185. The smallest absolute Gasteiger partial charge is 0.167 e. The summed E-state index contributed by atoms with van der Waals surface area (Å²) >= 11 is 0. The Bertz CT molecular complexity index is 440. The molecule has 0 bridgehead atoms. The van der Waals surface area contributed by atoms with Crippen molar-refractivity contribution in [3.8, 4) is 5.75 Å². The number of hydrogen-bond donors (Lipinski definition) is 1. The fraction of sp³-hybridized carbons (Fsp3) is 0.571. The lowest BCUT2D eigenvalue weighted by atomic mass is 10.2. The van der Waals surface area contributed by atoms with Crippen LogP contribution in [-0.4, -0.2) is 43.9 Å². The fourth-order valence-corrected chi connectivity index (χ4v) is 2.13. The molecule has 2 N–H and O–H groups in total. The predicted molar refractivity (Wildman–Crippen MR) is 72.9 cm³/mol. The number of hydrogen-bond acceptors (Lipinski definition) is 4. The molecule has 1 aliphatic heterocycles. The summed E-state index contributed by atoms with van der Waals surface area (Å²) in [4.78, 5) is 2.29. The number of nitrogen functional groups attached to an aromatic ring is 1. The third kappa shape index (κ3) is 3.58. The summed E-state index contributed by atoms with van der Waals surface area (Å²) in [5, 5.41) is 0. The zero-order valence-electron chi connectivity index (χ0n) is 11.5. The van der Waals surface area contributed by atoms with Crippen LogP contribution in [0.15, 0.2) is 12.1 Å². The molecular weight excluding hydrogens is 247 g/mol. The summed E-state index contributed by atoms with van der Waals surface area (Å²) in [6.45, 7) is 7.77. The normalized spacial score (nSPS) is 20.5. The second-order valence-corrected chi connectivity index (χ2v) is 4.84. The lowest BCUT2D eigenvalue weighted by molar-refractivity contribution is -0.0468. The molecule has 1 atom stereocenters. The lowest BCUT2D eigenvalue weighted by Crippen LogP contribution is -2.44. The first-order valence-electron chi connectivity index (χ1n) is 6.62. The van der Waals surface area contributed by atoms with E-state index in [1.165, 1.54) is 6.07 Å². The van der Waals surface area contributed by atoms with E-state index in [0.29, 0.717) is 18.9 Å². The van der Waals surface area contributed by atoms with Crippen LogP contribution in [0, 0.1) is 12.7 Å². The molecule has 1 aromatic carbocycles. The molecule has 1 saturated heterocycles. The molecular formula is C14H21FN2O2. The highest BCUT2D eigenvalue weighted by Gasteiger charge is 2.20. The summed E-state index contributed by atoms with van der Waals surface area (Å²) in [6, 6.07) is 2.93. The van der Waals surface area contributed by atoms with Gasteiger partial charge >= 0.3 is 0 Å². The lowest BCUT2D eigenvalue weighted by Gasteiger charge is -2.31. The number of ether oxygens (including phenoxy) is 2. The van der Waals surface area contributed by atoms with Gasteiger partial charge in [0.15, 0.2) is 11.6 Å². The van der Waals surface area contributed by atoms with Gasteiger partial charge in [-0.05, 0) is 25.1 Å². The van der Waals surface area contributed by atoms with Crippen LogP contribution in [0.5, 0.6) is 5.75 Å². The highest BCUT2D eigenvalue weighted by atomic mass is 19.1. The van der Waals surface area contributed by atoms with Crippen LogP contribution in [0.4, 0.5) is 10.1 Å². The van der Waals surface area contributed by atoms with E-state index in [1.807, 2.05) is 6.92 Å². The average molecular weight is 268 g/mol. The number of likely N-dealkylation sites (N-methyl/N-ethyl adjacent to an activating group) is 1. The van der Waals surface area contributed by atoms with Crippen molar-refractivity contribution in [2.45, 2.75) is 20.0 Å². The first-order valence-corrected chi connectivity index (χ1v) is 6.62. The van der Waals surface area contributed by atoms with Gasteiger partial charge in [-0.25, -0.2) is 4.39 Å². The number of morpholine rings is 1. The molecule has 0 saturated carbocycles. The van der Waals surface area contributed by atoms with E-state index in [1.54, 1.807) is 6.07 Å². The molecule has 0 aromatic heterocycles. The molecule has 2 rings (SSSR count). The number of rotatable bonds is 4. The molecule has 1 fully saturated rings. The van der Waals surface area contributed by atoms with Crippen molar-refractivity contribution in [1.82, 2.24) is 4.90 Å². The first-order chi connectivity index (χ1) is 9.10. The van der Waals surface area contributed by atoms with Crippen LogP contribution in [0.1, 0.15) is 12.5 Å². The van der Waals surface area contributed by atoms with E-state index in [-0.39, 0.29) is 11.9 Å². The Labute approximate surface area is 113 Å². The molecule has 1 heterocycles. The van der Waals surface area contributed by atoms with Crippen molar-refractivity contribution in [2.24, 2.45) is 0 Å². The Morgan fingerprint density at radius 2 is 2.32 bits per heavy atom. The minimum absolute atomic E-state index is 0.00837. The minimum atomic E-state index is -0.425. The van der Waals surface area contributed by atoms with E-state index >= 15 is 0 Å². The maximum Gasteiger partial charge on any atom is 0.167 e. The Morgan fingerprint density at radius 1 is 1.53 bits per heavy atom. The van der Waals surface area contributed by atoms with Gasteiger partial charge in [-0.3, -0.25) is 4.90 Å². The predicted octanol–water partition coefficient (Wildman–Crippen LogP) is 1.82. The number of halogens is 1. The van der Waals surface area contributed by atoms with Gasteiger partial charge in [0.25, 0.3) is 0 Å². The second-order valence-electron chi connectivity index (χ2n) is 4.84. The van der Waals surface area contributed by atoms with E-state index in [0.717, 1.165) is 25.2 Å². The van der Waals surface area contributed by atoms with Gasteiger partial charge in [-0.2, -0.15) is 0 Å². The minimum Gasteiger partial charge on any atom is -0.488 e. The van der Waals surface area contributed by atoms with Gasteiger partial charge in [0.2, 0.25) is 0 Å². The third-order valence-electron chi connectivity index (χ3n) is 3.42. The van der Waals surface area contributed by atoms with Gasteiger partial charge in [-0.15, -0.1) is 0 Å². The third-order valence-corrected chi connectivity index (χ3v) is 3.42. The van der Waals surface area contributed by atoms with Crippen molar-refractivity contribution < 1.29 is 13.9 Å². The molecule has 4 nitrogen and oxygen atoms in total. The summed E-state index contributed by atoms with van der Waals surface area (Å²) in [5.41, 5.74) is 6.89. The average Bonchev–Trinajstić information content (AvgIpc) is 2.41. The van der Waals surface area contributed by atoms with E-state index in [9.17, 15) is 4.39 Å². The van der Waals surface area contributed by atoms with Crippen molar-refractivity contribution in [2.75, 3.05) is 38.6 Å². The van der Waals surface area contributed by atoms with Crippen LogP contribution in [-0.2, 0) is 4.74 Å². The van der Waals surface area contributed by atoms with Crippen LogP contribution < -0.4 is 10.5 Å². The zero-order chi connectivity index (χ0) is 13.8. The largest absolute Gasteiger partial charge is 0.488 e. The van der Waals surface area contributed by atoms with E-state index < -0.39 is 5.82 Å². The standard InChI is InChI=1S/C14H21FN2O2/c1-3-17-4-5-18-11(8-17)9-19-14-6-10(2)13(16)7-12(14)15/h6-7,11H,3-5,8-9,16H2,1-2H3.